The molecule has 1 rings (SSSR count). The van der Waals surface area contributed by atoms with Gasteiger partial charge in [-0.2, -0.15) is 0 Å². The van der Waals surface area contributed by atoms with E-state index in [1.807, 2.05) is 26.0 Å². The molecule has 24 heavy (non-hydrogen) atoms. The molecular weight excluding hydrogens is 302 g/mol. The minimum Gasteiger partial charge on any atom is -0.490 e. The Morgan fingerprint density at radius 1 is 1.04 bits per heavy atom. The van der Waals surface area contributed by atoms with E-state index in [1.165, 1.54) is 5.56 Å². The molecule has 0 spiro atoms. The molecular formula is C19H33N3O2. The van der Waals surface area contributed by atoms with Gasteiger partial charge in [0.15, 0.2) is 17.5 Å². The van der Waals surface area contributed by atoms with Crippen molar-refractivity contribution in [2.75, 3.05) is 26.3 Å². The summed E-state index contributed by atoms with van der Waals surface area (Å²) in [6, 6.07) is 6.10. The van der Waals surface area contributed by atoms with Crippen LogP contribution in [0.15, 0.2) is 23.2 Å². The molecule has 0 aliphatic carbocycles. The number of guanidine groups is 1. The van der Waals surface area contributed by atoms with Gasteiger partial charge < -0.3 is 20.1 Å². The molecule has 5 nitrogen and oxygen atoms in total. The molecule has 0 unspecified atom stereocenters. The summed E-state index contributed by atoms with van der Waals surface area (Å²) in [7, 11) is 0. The molecule has 136 valence electrons. The first-order valence-electron chi connectivity index (χ1n) is 8.84. The predicted molar refractivity (Wildman–Crippen MR) is 101 cm³/mol. The first-order chi connectivity index (χ1) is 11.4. The Morgan fingerprint density at radius 2 is 1.71 bits per heavy atom. The number of rotatable bonds is 8. The topological polar surface area (TPSA) is 54.9 Å². The smallest absolute Gasteiger partial charge is 0.191 e. The van der Waals surface area contributed by atoms with Crippen LogP contribution in [0.2, 0.25) is 0 Å². The second-order valence-corrected chi connectivity index (χ2v) is 6.53. The van der Waals surface area contributed by atoms with E-state index in [4.69, 9.17) is 9.47 Å². The Kier molecular flexibility index (Phi) is 8.44. The lowest BCUT2D eigenvalue weighted by Gasteiger charge is -2.23. The average Bonchev–Trinajstić information content (AvgIpc) is 2.49. The zero-order valence-corrected chi connectivity index (χ0v) is 16.0. The van der Waals surface area contributed by atoms with Gasteiger partial charge >= 0.3 is 0 Å². The molecule has 0 fully saturated rings. The second-order valence-electron chi connectivity index (χ2n) is 6.53. The summed E-state index contributed by atoms with van der Waals surface area (Å²) in [5, 5.41) is 6.67. The van der Waals surface area contributed by atoms with Crippen molar-refractivity contribution in [1.29, 1.82) is 0 Å². The number of nitrogens with one attached hydrogen (secondary N) is 2. The fraction of sp³-hybridized carbons (Fsp3) is 0.632. The van der Waals surface area contributed by atoms with Crippen molar-refractivity contribution in [3.8, 4) is 11.5 Å². The summed E-state index contributed by atoms with van der Waals surface area (Å²) in [6.07, 6.45) is 0.854. The molecule has 0 saturated heterocycles. The SMILES string of the molecule is CCNC(=NCCc1ccc(OCC)c(OCC)c1)NC(C)(C)C. The first kappa shape index (κ1) is 20.1. The van der Waals surface area contributed by atoms with Gasteiger partial charge in [0, 0.05) is 18.6 Å². The van der Waals surface area contributed by atoms with Gasteiger partial charge in [-0.05, 0) is 65.7 Å². The van der Waals surface area contributed by atoms with Gasteiger partial charge in [0.25, 0.3) is 0 Å². The monoisotopic (exact) mass is 335 g/mol. The van der Waals surface area contributed by atoms with Crippen LogP contribution >= 0.6 is 0 Å². The predicted octanol–water partition coefficient (Wildman–Crippen LogP) is 3.38. The molecule has 1 aromatic carbocycles. The normalized spacial score (nSPS) is 12.0. The third-order valence-corrected chi connectivity index (χ3v) is 3.12. The lowest BCUT2D eigenvalue weighted by molar-refractivity contribution is 0.287. The number of benzene rings is 1. The number of hydrogen-bond donors (Lipinski definition) is 2. The highest BCUT2D eigenvalue weighted by Crippen LogP contribution is 2.28. The second kappa shape index (κ2) is 10.1. The highest BCUT2D eigenvalue weighted by atomic mass is 16.5. The fourth-order valence-electron chi connectivity index (χ4n) is 2.21. The summed E-state index contributed by atoms with van der Waals surface area (Å²) in [4.78, 5) is 4.65. The summed E-state index contributed by atoms with van der Waals surface area (Å²) >= 11 is 0. The van der Waals surface area contributed by atoms with Gasteiger partial charge in [0.2, 0.25) is 0 Å². The maximum Gasteiger partial charge on any atom is 0.191 e. The third-order valence-electron chi connectivity index (χ3n) is 3.12. The zero-order chi connectivity index (χ0) is 18.0. The van der Waals surface area contributed by atoms with E-state index in [0.29, 0.717) is 19.8 Å². The molecule has 0 aliphatic heterocycles. The Morgan fingerprint density at radius 3 is 2.29 bits per heavy atom. The highest BCUT2D eigenvalue weighted by molar-refractivity contribution is 5.80. The first-order valence-corrected chi connectivity index (χ1v) is 8.84. The van der Waals surface area contributed by atoms with E-state index in [2.05, 4.69) is 49.4 Å². The molecule has 5 heteroatoms. The van der Waals surface area contributed by atoms with Crippen LogP contribution in [0.3, 0.4) is 0 Å². The molecule has 2 N–H and O–H groups in total. The van der Waals surface area contributed by atoms with Crippen molar-refractivity contribution in [1.82, 2.24) is 10.6 Å². The summed E-state index contributed by atoms with van der Waals surface area (Å²) < 4.78 is 11.3. The summed E-state index contributed by atoms with van der Waals surface area (Å²) in [5.41, 5.74) is 1.18. The molecule has 0 aliphatic rings. The standard InChI is InChI=1S/C19H33N3O2/c1-7-20-18(22-19(4,5)6)21-13-12-15-10-11-16(23-8-2)17(14-15)24-9-3/h10-11,14H,7-9,12-13H2,1-6H3,(H2,20,21,22). The van der Waals surface area contributed by atoms with E-state index >= 15 is 0 Å². The third kappa shape index (κ3) is 7.57. The summed E-state index contributed by atoms with van der Waals surface area (Å²) in [5.74, 6) is 2.45. The zero-order valence-electron chi connectivity index (χ0n) is 16.0. The van der Waals surface area contributed by atoms with Gasteiger partial charge in [-0.25, -0.2) is 0 Å². The van der Waals surface area contributed by atoms with Gasteiger partial charge in [0.05, 0.1) is 13.2 Å². The minimum atomic E-state index is -0.0116. The highest BCUT2D eigenvalue weighted by Gasteiger charge is 2.11. The Hall–Kier alpha value is -1.91. The van der Waals surface area contributed by atoms with Crippen LogP contribution in [0.1, 0.15) is 47.1 Å². The maximum atomic E-state index is 5.68. The van der Waals surface area contributed by atoms with Crippen LogP contribution in [0, 0.1) is 0 Å². The quantitative estimate of drug-likeness (QED) is 0.565. The van der Waals surface area contributed by atoms with Crippen LogP contribution < -0.4 is 20.1 Å². The van der Waals surface area contributed by atoms with Gasteiger partial charge in [-0.3, -0.25) is 4.99 Å². The Labute approximate surface area is 146 Å². The summed E-state index contributed by atoms with van der Waals surface area (Å²) in [6.45, 7) is 15.2. The van der Waals surface area contributed by atoms with Gasteiger partial charge in [-0.1, -0.05) is 6.07 Å². The van der Waals surface area contributed by atoms with E-state index in [9.17, 15) is 0 Å². The molecule has 0 amide bonds. The van der Waals surface area contributed by atoms with Crippen LogP contribution in [-0.2, 0) is 6.42 Å². The lowest BCUT2D eigenvalue weighted by Crippen LogP contribution is -2.47. The Balaban J connectivity index is 2.74. The van der Waals surface area contributed by atoms with Crippen LogP contribution in [0.4, 0.5) is 0 Å². The van der Waals surface area contributed by atoms with Gasteiger partial charge in [0.1, 0.15) is 0 Å². The molecule has 0 bridgehead atoms. The molecule has 0 radical (unpaired) electrons. The molecule has 0 atom stereocenters. The number of hydrogen-bond acceptors (Lipinski definition) is 3. The van der Waals surface area contributed by atoms with E-state index in [1.54, 1.807) is 0 Å². The Bertz CT molecular complexity index is 522. The molecule has 0 aromatic heterocycles. The van der Waals surface area contributed by atoms with E-state index in [-0.39, 0.29) is 5.54 Å². The number of aliphatic imine (C=N–C) groups is 1. The molecule has 0 saturated carbocycles. The van der Waals surface area contributed by atoms with Crippen LogP contribution in [0.25, 0.3) is 0 Å². The lowest BCUT2D eigenvalue weighted by atomic mass is 10.1. The van der Waals surface area contributed by atoms with Crippen molar-refractivity contribution in [3.63, 3.8) is 0 Å². The van der Waals surface area contributed by atoms with Gasteiger partial charge in [-0.15, -0.1) is 0 Å². The van der Waals surface area contributed by atoms with Crippen molar-refractivity contribution < 1.29 is 9.47 Å². The van der Waals surface area contributed by atoms with Crippen molar-refractivity contribution in [2.45, 2.75) is 53.5 Å². The molecule has 0 heterocycles. The van der Waals surface area contributed by atoms with Crippen molar-refractivity contribution >= 4 is 5.96 Å². The van der Waals surface area contributed by atoms with E-state index in [0.717, 1.165) is 30.4 Å². The molecule has 1 aromatic rings. The van der Waals surface area contributed by atoms with E-state index < -0.39 is 0 Å². The number of nitrogens with zero attached hydrogens (tertiary/aromatic N) is 1. The fourth-order valence-corrected chi connectivity index (χ4v) is 2.21. The largest absolute Gasteiger partial charge is 0.490 e. The van der Waals surface area contributed by atoms with Crippen LogP contribution in [0.5, 0.6) is 11.5 Å². The van der Waals surface area contributed by atoms with Crippen molar-refractivity contribution in [3.05, 3.63) is 23.8 Å². The maximum absolute atomic E-state index is 5.68. The average molecular weight is 335 g/mol. The van der Waals surface area contributed by atoms with Crippen molar-refractivity contribution in [2.24, 2.45) is 4.99 Å². The number of ether oxygens (including phenoxy) is 2. The minimum absolute atomic E-state index is 0.0116. The van der Waals surface area contributed by atoms with Crippen LogP contribution in [-0.4, -0.2) is 37.8 Å².